The van der Waals surface area contributed by atoms with Crippen molar-refractivity contribution < 1.29 is 9.53 Å². The van der Waals surface area contributed by atoms with Gasteiger partial charge in [-0.05, 0) is 13.3 Å². The summed E-state index contributed by atoms with van der Waals surface area (Å²) in [6, 6.07) is 0. The first kappa shape index (κ1) is 15.8. The lowest BCUT2D eigenvalue weighted by atomic mass is 10.1. The highest BCUT2D eigenvalue weighted by atomic mass is 16.5. The Bertz CT molecular complexity index is 731. The Morgan fingerprint density at radius 2 is 2.27 bits per heavy atom. The maximum atomic E-state index is 12.1. The molecule has 0 aliphatic heterocycles. The Balaban J connectivity index is 2.44. The number of aromatic nitrogens is 3. The van der Waals surface area contributed by atoms with Crippen LogP contribution < -0.4 is 5.73 Å². The largest absolute Gasteiger partial charge is 0.458 e. The first-order valence-electron chi connectivity index (χ1n) is 7.14. The van der Waals surface area contributed by atoms with Crippen LogP contribution in [0.25, 0.3) is 11.0 Å². The van der Waals surface area contributed by atoms with Crippen LogP contribution in [-0.4, -0.2) is 27.3 Å². The third-order valence-electron chi connectivity index (χ3n) is 3.22. The number of hydrogen-bond acceptors (Lipinski definition) is 5. The summed E-state index contributed by atoms with van der Waals surface area (Å²) >= 11 is 0. The zero-order valence-electron chi connectivity index (χ0n) is 12.9. The summed E-state index contributed by atoms with van der Waals surface area (Å²) in [6.45, 7) is 8.07. The predicted molar refractivity (Wildman–Crippen MR) is 86.6 cm³/mol. The van der Waals surface area contributed by atoms with Crippen molar-refractivity contribution >= 4 is 22.7 Å². The Labute approximate surface area is 129 Å². The van der Waals surface area contributed by atoms with Crippen molar-refractivity contribution in [3.05, 3.63) is 42.3 Å². The number of pyridine rings is 1. The van der Waals surface area contributed by atoms with Crippen molar-refractivity contribution in [2.75, 3.05) is 12.3 Å². The second-order valence-corrected chi connectivity index (χ2v) is 4.82. The van der Waals surface area contributed by atoms with E-state index in [9.17, 15) is 4.79 Å². The molecule has 0 atom stereocenters. The van der Waals surface area contributed by atoms with Crippen LogP contribution in [-0.2, 0) is 11.3 Å². The second-order valence-electron chi connectivity index (χ2n) is 4.82. The van der Waals surface area contributed by atoms with Crippen LogP contribution in [0.2, 0.25) is 0 Å². The number of aryl methyl sites for hydroxylation is 1. The zero-order chi connectivity index (χ0) is 16.1. The van der Waals surface area contributed by atoms with Crippen molar-refractivity contribution in [1.29, 1.82) is 0 Å². The van der Waals surface area contributed by atoms with Gasteiger partial charge in [-0.1, -0.05) is 31.7 Å². The van der Waals surface area contributed by atoms with E-state index in [-0.39, 0.29) is 12.2 Å². The Morgan fingerprint density at radius 3 is 2.95 bits per heavy atom. The molecule has 0 bridgehead atoms. The van der Waals surface area contributed by atoms with Crippen LogP contribution in [0.15, 0.2) is 31.0 Å². The fraction of sp³-hybridized carbons (Fsp3) is 0.312. The topological polar surface area (TPSA) is 83.0 Å². The highest BCUT2D eigenvalue weighted by Crippen LogP contribution is 2.26. The van der Waals surface area contributed by atoms with Gasteiger partial charge in [-0.2, -0.15) is 5.10 Å². The summed E-state index contributed by atoms with van der Waals surface area (Å²) in [5, 5.41) is 4.94. The first-order valence-corrected chi connectivity index (χ1v) is 7.14. The number of esters is 1. The number of rotatable bonds is 6. The summed E-state index contributed by atoms with van der Waals surface area (Å²) < 4.78 is 6.81. The Morgan fingerprint density at radius 1 is 1.50 bits per heavy atom. The van der Waals surface area contributed by atoms with Crippen LogP contribution in [0.5, 0.6) is 0 Å². The van der Waals surface area contributed by atoms with E-state index >= 15 is 0 Å². The molecule has 6 nitrogen and oxygen atoms in total. The van der Waals surface area contributed by atoms with Gasteiger partial charge in [0.25, 0.3) is 0 Å². The summed E-state index contributed by atoms with van der Waals surface area (Å²) in [5.41, 5.74) is 7.95. The zero-order valence-corrected chi connectivity index (χ0v) is 12.9. The van der Waals surface area contributed by atoms with Gasteiger partial charge in [-0.3, -0.25) is 0 Å². The molecule has 0 radical (unpaired) electrons. The molecule has 0 unspecified atom stereocenters. The fourth-order valence-electron chi connectivity index (χ4n) is 2.17. The molecule has 0 saturated heterocycles. The number of fused-ring (bicyclic) bond motifs is 1. The highest BCUT2D eigenvalue weighted by Gasteiger charge is 2.20. The van der Waals surface area contributed by atoms with Gasteiger partial charge in [0, 0.05) is 0 Å². The molecule has 2 N–H and O–H groups in total. The number of nitrogen functional groups attached to an aromatic ring is 1. The van der Waals surface area contributed by atoms with E-state index in [1.165, 1.54) is 6.08 Å². The van der Waals surface area contributed by atoms with Gasteiger partial charge in [0.05, 0.1) is 29.5 Å². The van der Waals surface area contributed by atoms with E-state index in [4.69, 9.17) is 10.5 Å². The van der Waals surface area contributed by atoms with E-state index in [2.05, 4.69) is 29.7 Å². The third kappa shape index (κ3) is 3.00. The molecule has 0 spiro atoms. The van der Waals surface area contributed by atoms with Gasteiger partial charge in [0.15, 0.2) is 5.65 Å². The van der Waals surface area contributed by atoms with Gasteiger partial charge in [0.1, 0.15) is 12.2 Å². The summed E-state index contributed by atoms with van der Waals surface area (Å²) in [5.74, 6) is -0.497. The van der Waals surface area contributed by atoms with Crippen molar-refractivity contribution in [1.82, 2.24) is 14.8 Å². The highest BCUT2D eigenvalue weighted by molar-refractivity contribution is 6.04. The number of allylic oxidation sites excluding steroid dienone is 2. The molecule has 0 fully saturated rings. The molecule has 6 heteroatoms. The lowest BCUT2D eigenvalue weighted by Crippen LogP contribution is -2.12. The molecule has 0 amide bonds. The fourth-order valence-corrected chi connectivity index (χ4v) is 2.17. The molecule has 116 valence electrons. The molecular weight excluding hydrogens is 280 g/mol. The molecule has 2 aromatic rings. The molecule has 22 heavy (non-hydrogen) atoms. The third-order valence-corrected chi connectivity index (χ3v) is 3.22. The minimum absolute atomic E-state index is 0.136. The number of carbonyl (C=O) groups excluding carboxylic acids is 1. The predicted octanol–water partition coefficient (Wildman–Crippen LogP) is 2.63. The van der Waals surface area contributed by atoms with E-state index in [1.54, 1.807) is 17.8 Å². The first-order chi connectivity index (χ1) is 10.6. The van der Waals surface area contributed by atoms with E-state index in [0.717, 1.165) is 6.42 Å². The monoisotopic (exact) mass is 300 g/mol. The lowest BCUT2D eigenvalue weighted by Gasteiger charge is -2.09. The molecule has 0 saturated carbocycles. The Hall–Kier alpha value is -2.63. The molecular formula is C16H20N4O2. The van der Waals surface area contributed by atoms with Gasteiger partial charge in [-0.25, -0.2) is 14.5 Å². The summed E-state index contributed by atoms with van der Waals surface area (Å²) in [4.78, 5) is 16.5. The smallest absolute Gasteiger partial charge is 0.342 e. The van der Waals surface area contributed by atoms with Gasteiger partial charge in [0.2, 0.25) is 0 Å². The van der Waals surface area contributed by atoms with Crippen molar-refractivity contribution in [2.45, 2.75) is 26.8 Å². The van der Waals surface area contributed by atoms with Crippen LogP contribution >= 0.6 is 0 Å². The van der Waals surface area contributed by atoms with Crippen molar-refractivity contribution in [2.24, 2.45) is 0 Å². The quantitative estimate of drug-likeness (QED) is 0.655. The number of ether oxygens (including phenoxy) is 1. The molecule has 2 rings (SSSR count). The van der Waals surface area contributed by atoms with Crippen molar-refractivity contribution in [3.8, 4) is 0 Å². The second kappa shape index (κ2) is 6.89. The number of hydrogen-bond donors (Lipinski definition) is 1. The SMILES string of the molecule is C=CCOC(=O)c1c(C)nc2c(cnn2C/C=C\CC)c1N. The lowest BCUT2D eigenvalue weighted by molar-refractivity contribution is 0.0550. The van der Waals surface area contributed by atoms with E-state index in [1.807, 2.05) is 6.08 Å². The molecule has 0 aromatic carbocycles. The number of anilines is 1. The van der Waals surface area contributed by atoms with Crippen LogP contribution in [0.1, 0.15) is 29.4 Å². The van der Waals surface area contributed by atoms with Gasteiger partial charge >= 0.3 is 5.97 Å². The van der Waals surface area contributed by atoms with Crippen LogP contribution in [0, 0.1) is 6.92 Å². The maximum absolute atomic E-state index is 12.1. The van der Waals surface area contributed by atoms with Gasteiger partial charge < -0.3 is 10.5 Å². The van der Waals surface area contributed by atoms with Crippen molar-refractivity contribution in [3.63, 3.8) is 0 Å². The molecule has 2 heterocycles. The van der Waals surface area contributed by atoms with Crippen LogP contribution in [0.4, 0.5) is 5.69 Å². The van der Waals surface area contributed by atoms with Gasteiger partial charge in [-0.15, -0.1) is 0 Å². The number of carbonyl (C=O) groups is 1. The van der Waals surface area contributed by atoms with E-state index in [0.29, 0.717) is 29.0 Å². The summed E-state index contributed by atoms with van der Waals surface area (Å²) in [7, 11) is 0. The number of nitrogens with two attached hydrogens (primary N) is 1. The molecule has 0 aliphatic rings. The van der Waals surface area contributed by atoms with Crippen LogP contribution in [0.3, 0.4) is 0 Å². The normalized spacial score (nSPS) is 11.2. The summed E-state index contributed by atoms with van der Waals surface area (Å²) in [6.07, 6.45) is 8.18. The standard InChI is InChI=1S/C16H20N4O2/c1-4-6-7-8-20-15-12(10-18-20)14(17)13(11(3)19-15)16(21)22-9-5-2/h5-7,10H,2,4,8-9H2,1,3H3,(H2,17,19)/b7-6-. The minimum atomic E-state index is -0.497. The maximum Gasteiger partial charge on any atom is 0.342 e. The molecule has 2 aromatic heterocycles. The Kier molecular flexibility index (Phi) is 4.93. The van der Waals surface area contributed by atoms with E-state index < -0.39 is 5.97 Å². The average Bonchev–Trinajstić information content (AvgIpc) is 2.88. The number of nitrogens with zero attached hydrogens (tertiary/aromatic N) is 3. The molecule has 0 aliphatic carbocycles. The minimum Gasteiger partial charge on any atom is -0.458 e. The average molecular weight is 300 g/mol.